The number of carbonyl (C=O) groups is 2. The molecule has 1 N–H and O–H groups in total. The second-order valence-corrected chi connectivity index (χ2v) is 8.52. The van der Waals surface area contributed by atoms with Crippen molar-refractivity contribution in [1.82, 2.24) is 10.2 Å². The van der Waals surface area contributed by atoms with Crippen molar-refractivity contribution in [3.8, 4) is 5.75 Å². The van der Waals surface area contributed by atoms with Gasteiger partial charge in [0.25, 0.3) is 0 Å². The van der Waals surface area contributed by atoms with Gasteiger partial charge in [-0.15, -0.1) is 0 Å². The van der Waals surface area contributed by atoms with E-state index >= 15 is 0 Å². The van der Waals surface area contributed by atoms with E-state index in [2.05, 4.69) is 5.32 Å². The van der Waals surface area contributed by atoms with Crippen LogP contribution < -0.4 is 15.7 Å². The van der Waals surface area contributed by atoms with E-state index in [1.165, 1.54) is 0 Å². The van der Waals surface area contributed by atoms with Crippen molar-refractivity contribution < 1.29 is 18.7 Å². The number of nitrogens with zero attached hydrogens (tertiary/aromatic N) is 1. The molecule has 0 saturated heterocycles. The Morgan fingerprint density at radius 1 is 1.16 bits per heavy atom. The van der Waals surface area contributed by atoms with Gasteiger partial charge in [-0.2, -0.15) is 0 Å². The highest BCUT2D eigenvalue weighted by molar-refractivity contribution is 5.91. The molecule has 7 heteroatoms. The summed E-state index contributed by atoms with van der Waals surface area (Å²) in [6.07, 6.45) is 4.62. The topological polar surface area (TPSA) is 88.8 Å². The number of fused-ring (bicyclic) bond motifs is 1. The molecule has 0 atom stereocenters. The van der Waals surface area contributed by atoms with Crippen LogP contribution in [0.1, 0.15) is 63.5 Å². The molecule has 0 spiro atoms. The second-order valence-electron chi connectivity index (χ2n) is 8.52. The summed E-state index contributed by atoms with van der Waals surface area (Å²) < 4.78 is 10.7. The molecule has 174 valence electrons. The normalized spacial score (nSPS) is 15.4. The summed E-state index contributed by atoms with van der Waals surface area (Å²) in [5, 5.41) is 3.88. The third kappa shape index (κ3) is 4.81. The number of ether oxygens (including phenoxy) is 1. The molecule has 32 heavy (non-hydrogen) atoms. The van der Waals surface area contributed by atoms with Crippen LogP contribution in [0, 0.1) is 6.92 Å². The van der Waals surface area contributed by atoms with Crippen molar-refractivity contribution in [3.63, 3.8) is 0 Å². The van der Waals surface area contributed by atoms with Crippen LogP contribution in [0.3, 0.4) is 0 Å². The number of likely N-dealkylation sites (N-methyl/N-ethyl adjacent to an activating group) is 1. The van der Waals surface area contributed by atoms with Crippen LogP contribution in [0.25, 0.3) is 11.0 Å². The molecule has 0 radical (unpaired) electrons. The number of nitrogens with one attached hydrogen (secondary N) is 1. The number of hydrogen-bond acceptors (Lipinski definition) is 5. The van der Waals surface area contributed by atoms with Gasteiger partial charge in [0.05, 0.1) is 7.11 Å². The Kier molecular flexibility index (Phi) is 7.59. The maximum Gasteiger partial charge on any atom is 0.339 e. The fraction of sp³-hybridized carbons (Fsp3) is 0.560. The van der Waals surface area contributed by atoms with Crippen LogP contribution in [-0.4, -0.2) is 42.5 Å². The van der Waals surface area contributed by atoms with Crippen LogP contribution in [-0.2, 0) is 16.0 Å². The molecule has 7 nitrogen and oxygen atoms in total. The van der Waals surface area contributed by atoms with E-state index in [1.54, 1.807) is 18.1 Å². The lowest BCUT2D eigenvalue weighted by Crippen LogP contribution is -2.60. The van der Waals surface area contributed by atoms with Gasteiger partial charge < -0.3 is 19.4 Å². The van der Waals surface area contributed by atoms with Crippen LogP contribution in [0.15, 0.2) is 27.4 Å². The average Bonchev–Trinajstić information content (AvgIpc) is 2.79. The molecule has 1 saturated carbocycles. The lowest BCUT2D eigenvalue weighted by atomic mass is 9.80. The first kappa shape index (κ1) is 23.8. The predicted molar refractivity (Wildman–Crippen MR) is 124 cm³/mol. The predicted octanol–water partition coefficient (Wildman–Crippen LogP) is 3.73. The highest BCUT2D eigenvalue weighted by Crippen LogP contribution is 2.30. The minimum absolute atomic E-state index is 0.00546. The first-order chi connectivity index (χ1) is 15.3. The number of rotatable bonds is 8. The number of aryl methyl sites for hydroxylation is 1. The first-order valence-corrected chi connectivity index (χ1v) is 11.6. The van der Waals surface area contributed by atoms with Gasteiger partial charge in [-0.25, -0.2) is 4.79 Å². The number of benzene rings is 1. The number of hydrogen-bond donors (Lipinski definition) is 1. The molecule has 2 amide bonds. The minimum Gasteiger partial charge on any atom is -0.497 e. The van der Waals surface area contributed by atoms with Crippen molar-refractivity contribution in [2.75, 3.05) is 20.2 Å². The number of carbonyl (C=O) groups excluding carboxylic acids is 2. The quantitative estimate of drug-likeness (QED) is 0.629. The van der Waals surface area contributed by atoms with E-state index in [-0.39, 0.29) is 24.7 Å². The highest BCUT2D eigenvalue weighted by atomic mass is 16.5. The summed E-state index contributed by atoms with van der Waals surface area (Å²) in [5.41, 5.74) is 0.485. The van der Waals surface area contributed by atoms with E-state index in [4.69, 9.17) is 9.15 Å². The molecule has 1 heterocycles. The zero-order valence-corrected chi connectivity index (χ0v) is 19.6. The third-order valence-electron chi connectivity index (χ3n) is 6.64. The SMILES string of the molecule is CCN(CC)C(=O)C1(NC(=O)CCc2c(C)c3ccc(OC)cc3oc2=O)CCCCC1. The molecule has 1 aliphatic rings. The maximum atomic E-state index is 13.2. The Balaban J connectivity index is 1.77. The van der Waals surface area contributed by atoms with Crippen molar-refractivity contribution in [2.45, 2.75) is 71.3 Å². The Bertz CT molecular complexity index is 1030. The fourth-order valence-electron chi connectivity index (χ4n) is 4.72. The van der Waals surface area contributed by atoms with Crippen LogP contribution in [0.2, 0.25) is 0 Å². The Hall–Kier alpha value is -2.83. The Morgan fingerprint density at radius 2 is 1.84 bits per heavy atom. The molecular weight excluding hydrogens is 408 g/mol. The van der Waals surface area contributed by atoms with E-state index < -0.39 is 11.2 Å². The number of methoxy groups -OCH3 is 1. The van der Waals surface area contributed by atoms with Gasteiger partial charge >= 0.3 is 5.63 Å². The van der Waals surface area contributed by atoms with E-state index in [1.807, 2.05) is 32.9 Å². The molecule has 3 rings (SSSR count). The molecule has 1 fully saturated rings. The summed E-state index contributed by atoms with van der Waals surface area (Å²) in [6, 6.07) is 5.36. The fourth-order valence-corrected chi connectivity index (χ4v) is 4.72. The summed E-state index contributed by atoms with van der Waals surface area (Å²) in [5.74, 6) is 0.412. The monoisotopic (exact) mass is 442 g/mol. The van der Waals surface area contributed by atoms with Crippen LogP contribution in [0.4, 0.5) is 0 Å². The number of amides is 2. The van der Waals surface area contributed by atoms with Gasteiger partial charge in [0, 0.05) is 36.5 Å². The summed E-state index contributed by atoms with van der Waals surface area (Å²) in [7, 11) is 1.56. The Morgan fingerprint density at radius 3 is 2.47 bits per heavy atom. The molecular formula is C25H34N2O5. The van der Waals surface area contributed by atoms with Crippen molar-refractivity contribution in [3.05, 3.63) is 39.7 Å². The highest BCUT2D eigenvalue weighted by Gasteiger charge is 2.42. The molecule has 1 aliphatic carbocycles. The first-order valence-electron chi connectivity index (χ1n) is 11.6. The van der Waals surface area contributed by atoms with Crippen molar-refractivity contribution in [1.29, 1.82) is 0 Å². The standard InChI is InChI=1S/C25H34N2O5/c1-5-27(6-2)24(30)25(14-8-7-9-15-25)26-22(28)13-12-20-17(3)19-11-10-18(31-4)16-21(19)32-23(20)29/h10-11,16H,5-9,12-15H2,1-4H3,(H,26,28). The average molecular weight is 443 g/mol. The lowest BCUT2D eigenvalue weighted by molar-refractivity contribution is -0.143. The van der Waals surface area contributed by atoms with Crippen molar-refractivity contribution >= 4 is 22.8 Å². The van der Waals surface area contributed by atoms with Crippen molar-refractivity contribution in [2.24, 2.45) is 0 Å². The molecule has 2 aromatic rings. The van der Waals surface area contributed by atoms with Gasteiger partial charge in [-0.1, -0.05) is 19.3 Å². The molecule has 0 aliphatic heterocycles. The smallest absolute Gasteiger partial charge is 0.339 e. The summed E-state index contributed by atoms with van der Waals surface area (Å²) >= 11 is 0. The summed E-state index contributed by atoms with van der Waals surface area (Å²) in [6.45, 7) is 7.02. The van der Waals surface area contributed by atoms with Crippen LogP contribution >= 0.6 is 0 Å². The zero-order valence-electron chi connectivity index (χ0n) is 19.6. The van der Waals surface area contributed by atoms with E-state index in [0.717, 1.165) is 30.2 Å². The zero-order chi connectivity index (χ0) is 23.3. The Labute approximate surface area is 189 Å². The summed E-state index contributed by atoms with van der Waals surface area (Å²) in [4.78, 5) is 40.6. The molecule has 0 bridgehead atoms. The maximum absolute atomic E-state index is 13.2. The minimum atomic E-state index is -0.832. The molecule has 0 unspecified atom stereocenters. The van der Waals surface area contributed by atoms with Gasteiger partial charge in [0.2, 0.25) is 11.8 Å². The third-order valence-corrected chi connectivity index (χ3v) is 6.64. The second kappa shape index (κ2) is 10.2. The molecule has 1 aromatic heterocycles. The largest absolute Gasteiger partial charge is 0.497 e. The van der Waals surface area contributed by atoms with Gasteiger partial charge in [0.15, 0.2) is 0 Å². The van der Waals surface area contributed by atoms with Crippen LogP contribution in [0.5, 0.6) is 5.75 Å². The van der Waals surface area contributed by atoms with Gasteiger partial charge in [0.1, 0.15) is 16.9 Å². The van der Waals surface area contributed by atoms with E-state index in [9.17, 15) is 14.4 Å². The van der Waals surface area contributed by atoms with Gasteiger partial charge in [-0.3, -0.25) is 9.59 Å². The molecule has 1 aromatic carbocycles. The lowest BCUT2D eigenvalue weighted by Gasteiger charge is -2.40. The van der Waals surface area contributed by atoms with E-state index in [0.29, 0.717) is 42.8 Å². The van der Waals surface area contributed by atoms with Gasteiger partial charge in [-0.05, 0) is 57.7 Å².